The number of hydrogen-bond acceptors (Lipinski definition) is 3. The number of aliphatic hydroxyl groups is 2. The number of aliphatic hydroxyl groups excluding tert-OH is 2. The van der Waals surface area contributed by atoms with Gasteiger partial charge >= 0.3 is 0 Å². The zero-order chi connectivity index (χ0) is 10.0. The zero-order valence-corrected chi connectivity index (χ0v) is 8.49. The summed E-state index contributed by atoms with van der Waals surface area (Å²) in [5, 5.41) is 18.7. The molecule has 0 aromatic rings. The Morgan fingerprint density at radius 2 is 2.08 bits per heavy atom. The van der Waals surface area contributed by atoms with Crippen molar-refractivity contribution in [1.29, 1.82) is 0 Å². The summed E-state index contributed by atoms with van der Waals surface area (Å²) in [7, 11) is -1.21. The maximum absolute atomic E-state index is 11.6. The third kappa shape index (κ3) is 2.27. The Balaban J connectivity index is 2.85. The lowest BCUT2D eigenvalue weighted by atomic mass is 10.1. The molecule has 13 heavy (non-hydrogen) atoms. The Labute approximate surface area is 80.2 Å². The monoisotopic (exact) mass is 202 g/mol. The van der Waals surface area contributed by atoms with Gasteiger partial charge in [-0.05, 0) is 6.08 Å². The highest BCUT2D eigenvalue weighted by molar-refractivity contribution is 7.89. The second-order valence-electron chi connectivity index (χ2n) is 3.24. The first-order chi connectivity index (χ1) is 6.04. The van der Waals surface area contributed by atoms with Crippen molar-refractivity contribution in [2.24, 2.45) is 0 Å². The number of hydrogen-bond donors (Lipinski definition) is 2. The Morgan fingerprint density at radius 1 is 1.46 bits per heavy atom. The van der Waals surface area contributed by atoms with Crippen LogP contribution in [0.15, 0.2) is 23.1 Å². The van der Waals surface area contributed by atoms with Crippen molar-refractivity contribution in [3.8, 4) is 0 Å². The third-order valence-corrected chi connectivity index (χ3v) is 3.54. The lowest BCUT2D eigenvalue weighted by molar-refractivity contribution is 0.0765. The Bertz CT molecular complexity index is 268. The molecule has 1 aliphatic carbocycles. The fraction of sp³-hybridized carbons (Fsp3) is 0.556. The summed E-state index contributed by atoms with van der Waals surface area (Å²) < 4.78 is 11.6. The molecule has 0 aromatic heterocycles. The molecule has 0 bridgehead atoms. The van der Waals surface area contributed by atoms with Crippen molar-refractivity contribution in [2.75, 3.05) is 0 Å². The predicted octanol–water partition coefficient (Wildman–Crippen LogP) is 0.319. The molecule has 0 aromatic carbocycles. The smallest absolute Gasteiger partial charge is 0.117 e. The van der Waals surface area contributed by atoms with Gasteiger partial charge in [-0.25, -0.2) is 0 Å². The second kappa shape index (κ2) is 4.17. The average molecular weight is 202 g/mol. The molecule has 1 aliphatic rings. The lowest BCUT2D eigenvalue weighted by Crippen LogP contribution is -2.31. The van der Waals surface area contributed by atoms with Gasteiger partial charge < -0.3 is 10.2 Å². The largest absolute Gasteiger partial charge is 0.386 e. The first-order valence-corrected chi connectivity index (χ1v) is 5.40. The fourth-order valence-corrected chi connectivity index (χ4v) is 2.23. The molecule has 0 fully saturated rings. The van der Waals surface area contributed by atoms with Crippen LogP contribution < -0.4 is 0 Å². The molecule has 2 N–H and O–H groups in total. The molecule has 0 aliphatic heterocycles. The highest BCUT2D eigenvalue weighted by atomic mass is 32.2. The Hall–Kier alpha value is -0.450. The third-order valence-electron chi connectivity index (χ3n) is 1.84. The molecule has 0 unspecified atom stereocenters. The topological polar surface area (TPSA) is 57.5 Å². The normalized spacial score (nSPS) is 30.4. The molecular formula is C9H14O3S. The van der Waals surface area contributed by atoms with Gasteiger partial charge in [0.25, 0.3) is 0 Å². The van der Waals surface area contributed by atoms with Crippen LogP contribution in [0, 0.1) is 0 Å². The van der Waals surface area contributed by atoms with Gasteiger partial charge in [0.2, 0.25) is 0 Å². The van der Waals surface area contributed by atoms with Crippen molar-refractivity contribution in [3.05, 3.63) is 23.1 Å². The molecule has 0 spiro atoms. The van der Waals surface area contributed by atoms with Crippen LogP contribution in [0.1, 0.15) is 13.8 Å². The van der Waals surface area contributed by atoms with Crippen molar-refractivity contribution < 1.29 is 14.4 Å². The predicted molar refractivity (Wildman–Crippen MR) is 52.5 cm³/mol. The van der Waals surface area contributed by atoms with E-state index in [0.717, 1.165) is 0 Å². The van der Waals surface area contributed by atoms with E-state index in [1.54, 1.807) is 12.2 Å². The highest BCUT2D eigenvalue weighted by Gasteiger charge is 2.26. The van der Waals surface area contributed by atoms with Gasteiger partial charge in [-0.2, -0.15) is 0 Å². The molecule has 0 amide bonds. The van der Waals surface area contributed by atoms with Crippen molar-refractivity contribution >= 4 is 10.8 Å². The molecule has 0 heterocycles. The highest BCUT2D eigenvalue weighted by Crippen LogP contribution is 2.19. The summed E-state index contributed by atoms with van der Waals surface area (Å²) in [5.74, 6) is 0. The van der Waals surface area contributed by atoms with E-state index in [9.17, 15) is 14.4 Å². The number of rotatable bonds is 2. The summed E-state index contributed by atoms with van der Waals surface area (Å²) in [5.41, 5.74) is 0. The molecular weight excluding hydrogens is 188 g/mol. The van der Waals surface area contributed by atoms with E-state index >= 15 is 0 Å². The molecule has 1 rings (SSSR count). The minimum atomic E-state index is -1.21. The van der Waals surface area contributed by atoms with E-state index in [-0.39, 0.29) is 5.25 Å². The summed E-state index contributed by atoms with van der Waals surface area (Å²) in [6, 6.07) is 0. The van der Waals surface area contributed by atoms with E-state index in [0.29, 0.717) is 4.91 Å². The molecule has 4 heteroatoms. The summed E-state index contributed by atoms with van der Waals surface area (Å²) in [4.78, 5) is 0.407. The van der Waals surface area contributed by atoms with Crippen LogP contribution in [0.4, 0.5) is 0 Å². The van der Waals surface area contributed by atoms with Gasteiger partial charge in [0.1, 0.15) is 12.2 Å². The summed E-state index contributed by atoms with van der Waals surface area (Å²) >= 11 is 0. The van der Waals surface area contributed by atoms with Gasteiger partial charge in [0.15, 0.2) is 0 Å². The van der Waals surface area contributed by atoms with Crippen molar-refractivity contribution in [1.82, 2.24) is 0 Å². The van der Waals surface area contributed by atoms with Crippen molar-refractivity contribution in [3.63, 3.8) is 0 Å². The van der Waals surface area contributed by atoms with Gasteiger partial charge in [-0.3, -0.25) is 4.21 Å². The summed E-state index contributed by atoms with van der Waals surface area (Å²) in [6.07, 6.45) is 2.75. The Kier molecular flexibility index (Phi) is 3.41. The minimum absolute atomic E-state index is 0.0420. The number of allylic oxidation sites excluding steroid dienone is 2. The van der Waals surface area contributed by atoms with Gasteiger partial charge in [0.05, 0.1) is 10.8 Å². The van der Waals surface area contributed by atoms with Crippen LogP contribution in [0.3, 0.4) is 0 Å². The maximum Gasteiger partial charge on any atom is 0.117 e. The van der Waals surface area contributed by atoms with Crippen LogP contribution in [-0.4, -0.2) is 31.9 Å². The van der Waals surface area contributed by atoms with Crippen LogP contribution in [0.5, 0.6) is 0 Å². The fourth-order valence-electron chi connectivity index (χ4n) is 1.09. The maximum atomic E-state index is 11.6. The van der Waals surface area contributed by atoms with Gasteiger partial charge in [-0.15, -0.1) is 0 Å². The first kappa shape index (κ1) is 10.6. The molecule has 0 radical (unpaired) electrons. The Morgan fingerprint density at radius 3 is 2.62 bits per heavy atom. The van der Waals surface area contributed by atoms with Crippen LogP contribution in [-0.2, 0) is 10.8 Å². The van der Waals surface area contributed by atoms with E-state index < -0.39 is 23.0 Å². The van der Waals surface area contributed by atoms with Gasteiger partial charge in [-0.1, -0.05) is 26.0 Å². The van der Waals surface area contributed by atoms with E-state index in [1.165, 1.54) is 6.08 Å². The second-order valence-corrected chi connectivity index (χ2v) is 5.24. The molecule has 0 saturated carbocycles. The van der Waals surface area contributed by atoms with Crippen LogP contribution in [0.2, 0.25) is 0 Å². The van der Waals surface area contributed by atoms with Crippen molar-refractivity contribution in [2.45, 2.75) is 31.3 Å². The zero-order valence-electron chi connectivity index (χ0n) is 7.68. The van der Waals surface area contributed by atoms with Crippen LogP contribution in [0.25, 0.3) is 0 Å². The van der Waals surface area contributed by atoms with Crippen LogP contribution >= 0.6 is 0 Å². The van der Waals surface area contributed by atoms with E-state index in [1.807, 2.05) is 13.8 Å². The average Bonchev–Trinajstić information content (AvgIpc) is 2.08. The van der Waals surface area contributed by atoms with E-state index in [4.69, 9.17) is 0 Å². The van der Waals surface area contributed by atoms with Gasteiger partial charge in [0, 0.05) is 10.2 Å². The molecule has 0 saturated heterocycles. The SMILES string of the molecule is CC(C)[S@](=O)C1=CC=C[C@H](O)[C@@H]1O. The molecule has 74 valence electrons. The molecule has 3 nitrogen and oxygen atoms in total. The lowest BCUT2D eigenvalue weighted by Gasteiger charge is -2.21. The minimum Gasteiger partial charge on any atom is -0.386 e. The quantitative estimate of drug-likeness (QED) is 0.678. The standard InChI is InChI=1S/C9H14O3S/c1-6(2)13(12)8-5-3-4-7(10)9(8)11/h3-7,9-11H,1-2H3/t7-,9-,13-/m0/s1. The first-order valence-electron chi connectivity index (χ1n) is 4.19. The summed E-state index contributed by atoms with van der Waals surface area (Å²) in [6.45, 7) is 3.63. The van der Waals surface area contributed by atoms with E-state index in [2.05, 4.69) is 0 Å². The molecule has 3 atom stereocenters.